The second-order valence-corrected chi connectivity index (χ2v) is 8.73. The second kappa shape index (κ2) is 7.81. The molecule has 150 valence electrons. The van der Waals surface area contributed by atoms with Crippen LogP contribution in [0.4, 0.5) is 0 Å². The minimum Gasteiger partial charge on any atom is -0.340 e. The van der Waals surface area contributed by atoms with Crippen LogP contribution in [-0.4, -0.2) is 42.3 Å². The minimum atomic E-state index is -3.70. The molecule has 1 saturated heterocycles. The van der Waals surface area contributed by atoms with Gasteiger partial charge in [-0.1, -0.05) is 24.3 Å². The fraction of sp³-hybridized carbons (Fsp3) is 0.238. The van der Waals surface area contributed by atoms with Crippen LogP contribution in [0.2, 0.25) is 0 Å². The molecule has 1 amide bonds. The molecule has 0 radical (unpaired) electrons. The molecule has 2 heterocycles. The van der Waals surface area contributed by atoms with Crippen LogP contribution in [0.25, 0.3) is 11.0 Å². The lowest BCUT2D eigenvalue weighted by Gasteiger charge is -2.23. The average molecular weight is 410 g/mol. The topological polar surface area (TPSA) is 95.2 Å². The first kappa shape index (κ1) is 19.4. The van der Waals surface area contributed by atoms with E-state index < -0.39 is 10.0 Å². The smallest absolute Gasteiger partial charge is 0.254 e. The molecule has 1 fully saturated rings. The molecule has 8 heteroatoms. The highest BCUT2D eigenvalue weighted by molar-refractivity contribution is 7.89. The van der Waals surface area contributed by atoms with Crippen LogP contribution in [0, 0.1) is 0 Å². The molecule has 0 aliphatic carbocycles. The summed E-state index contributed by atoms with van der Waals surface area (Å²) in [6.07, 6.45) is 3.14. The van der Waals surface area contributed by atoms with Gasteiger partial charge in [0.05, 0.1) is 22.0 Å². The number of aromatic nitrogens is 2. The fourth-order valence-electron chi connectivity index (χ4n) is 3.64. The van der Waals surface area contributed by atoms with Crippen LogP contribution in [-0.2, 0) is 10.0 Å². The number of sulfonamides is 1. The van der Waals surface area contributed by atoms with Gasteiger partial charge in [0.15, 0.2) is 0 Å². The molecule has 1 aliphatic rings. The maximum absolute atomic E-state index is 13.2. The first-order chi connectivity index (χ1) is 14.0. The van der Waals surface area contributed by atoms with Crippen molar-refractivity contribution in [1.29, 1.82) is 0 Å². The Morgan fingerprint density at radius 1 is 1.28 bits per heavy atom. The molecule has 3 aromatic rings. The molecule has 0 bridgehead atoms. The van der Waals surface area contributed by atoms with Gasteiger partial charge >= 0.3 is 0 Å². The van der Waals surface area contributed by atoms with E-state index >= 15 is 0 Å². The number of carbonyl (C=O) groups is 1. The molecule has 1 aromatic heterocycles. The molecule has 2 aromatic carbocycles. The van der Waals surface area contributed by atoms with E-state index in [2.05, 4.69) is 21.3 Å². The number of hydrogen-bond donors (Lipinski definition) is 2. The van der Waals surface area contributed by atoms with Crippen molar-refractivity contribution >= 4 is 27.0 Å². The molecule has 7 nitrogen and oxygen atoms in total. The number of aromatic amines is 1. The number of benzene rings is 2. The van der Waals surface area contributed by atoms with E-state index in [1.165, 1.54) is 18.2 Å². The van der Waals surface area contributed by atoms with Gasteiger partial charge in [-0.05, 0) is 43.2 Å². The molecule has 1 aliphatic heterocycles. The number of carbonyl (C=O) groups excluding carboxylic acids is 1. The summed E-state index contributed by atoms with van der Waals surface area (Å²) in [6, 6.07) is 13.7. The van der Waals surface area contributed by atoms with Gasteiger partial charge in [0.1, 0.15) is 5.82 Å². The monoisotopic (exact) mass is 410 g/mol. The van der Waals surface area contributed by atoms with Crippen molar-refractivity contribution in [3.05, 3.63) is 72.6 Å². The molecule has 0 spiro atoms. The van der Waals surface area contributed by atoms with E-state index in [0.717, 1.165) is 29.7 Å². The number of imidazole rings is 1. The highest BCUT2D eigenvalue weighted by Crippen LogP contribution is 2.32. The van der Waals surface area contributed by atoms with Gasteiger partial charge in [0.25, 0.3) is 5.91 Å². The summed E-state index contributed by atoms with van der Waals surface area (Å²) in [6.45, 7) is 4.24. The number of nitrogens with one attached hydrogen (secondary N) is 2. The standard InChI is InChI=1S/C21H22N4O3S/c1-2-12-22-29(27,28)16-8-5-7-15(14-16)21(26)25-13-6-11-19(25)20-23-17-9-3-4-10-18(17)24-20/h2-5,7-10,14,19,22H,1,6,11-13H2,(H,23,24). The number of likely N-dealkylation sites (tertiary alicyclic amines) is 1. The summed E-state index contributed by atoms with van der Waals surface area (Å²) >= 11 is 0. The number of H-pyrrole nitrogens is 1. The summed E-state index contributed by atoms with van der Waals surface area (Å²) in [5.41, 5.74) is 2.14. The third-order valence-corrected chi connectivity index (χ3v) is 6.47. The lowest BCUT2D eigenvalue weighted by molar-refractivity contribution is 0.0730. The van der Waals surface area contributed by atoms with E-state index in [-0.39, 0.29) is 23.4 Å². The average Bonchev–Trinajstić information content (AvgIpc) is 3.38. The van der Waals surface area contributed by atoms with Crippen molar-refractivity contribution in [3.8, 4) is 0 Å². The van der Waals surface area contributed by atoms with Crippen molar-refractivity contribution < 1.29 is 13.2 Å². The van der Waals surface area contributed by atoms with Gasteiger partial charge in [-0.3, -0.25) is 4.79 Å². The summed E-state index contributed by atoms with van der Waals surface area (Å²) in [4.78, 5) is 23.0. The van der Waals surface area contributed by atoms with Crippen LogP contribution in [0.15, 0.2) is 66.1 Å². The zero-order valence-electron chi connectivity index (χ0n) is 15.8. The predicted molar refractivity (Wildman–Crippen MR) is 111 cm³/mol. The van der Waals surface area contributed by atoms with Gasteiger partial charge in [0, 0.05) is 18.7 Å². The van der Waals surface area contributed by atoms with Gasteiger partial charge in [-0.25, -0.2) is 18.1 Å². The third-order valence-electron chi connectivity index (χ3n) is 5.05. The van der Waals surface area contributed by atoms with Crippen LogP contribution in [0.3, 0.4) is 0 Å². The first-order valence-electron chi connectivity index (χ1n) is 9.46. The maximum atomic E-state index is 13.2. The Balaban J connectivity index is 1.62. The molecule has 0 saturated carbocycles. The fourth-order valence-corrected chi connectivity index (χ4v) is 4.68. The summed E-state index contributed by atoms with van der Waals surface area (Å²) in [7, 11) is -3.70. The highest BCUT2D eigenvalue weighted by atomic mass is 32.2. The lowest BCUT2D eigenvalue weighted by atomic mass is 10.1. The Morgan fingerprint density at radius 3 is 2.90 bits per heavy atom. The Hall–Kier alpha value is -2.97. The molecule has 29 heavy (non-hydrogen) atoms. The van der Waals surface area contributed by atoms with Crippen molar-refractivity contribution in [2.75, 3.05) is 13.1 Å². The Bertz CT molecular complexity index is 1140. The van der Waals surface area contributed by atoms with E-state index in [1.807, 2.05) is 24.3 Å². The highest BCUT2D eigenvalue weighted by Gasteiger charge is 2.33. The largest absolute Gasteiger partial charge is 0.340 e. The number of nitrogens with zero attached hydrogens (tertiary/aromatic N) is 2. The number of rotatable bonds is 6. The van der Waals surface area contributed by atoms with Crippen molar-refractivity contribution in [1.82, 2.24) is 19.6 Å². The summed E-state index contributed by atoms with van der Waals surface area (Å²) in [5, 5.41) is 0. The lowest BCUT2D eigenvalue weighted by Crippen LogP contribution is -2.31. The van der Waals surface area contributed by atoms with E-state index in [9.17, 15) is 13.2 Å². The van der Waals surface area contributed by atoms with Crippen LogP contribution < -0.4 is 4.72 Å². The summed E-state index contributed by atoms with van der Waals surface area (Å²) in [5.74, 6) is 0.558. The zero-order chi connectivity index (χ0) is 20.4. The van der Waals surface area contributed by atoms with Crippen molar-refractivity contribution in [3.63, 3.8) is 0 Å². The summed E-state index contributed by atoms with van der Waals surface area (Å²) < 4.78 is 27.2. The quantitative estimate of drug-likeness (QED) is 0.611. The second-order valence-electron chi connectivity index (χ2n) is 6.96. The van der Waals surface area contributed by atoms with Crippen molar-refractivity contribution in [2.45, 2.75) is 23.8 Å². The normalized spacial score (nSPS) is 17.0. The van der Waals surface area contributed by atoms with Crippen LogP contribution >= 0.6 is 0 Å². The van der Waals surface area contributed by atoms with Gasteiger partial charge in [0.2, 0.25) is 10.0 Å². The predicted octanol–water partition coefficient (Wildman–Crippen LogP) is 3.00. The molecule has 1 atom stereocenters. The zero-order valence-corrected chi connectivity index (χ0v) is 16.7. The first-order valence-corrected chi connectivity index (χ1v) is 10.9. The van der Waals surface area contributed by atoms with Crippen LogP contribution in [0.5, 0.6) is 0 Å². The van der Waals surface area contributed by atoms with Crippen molar-refractivity contribution in [2.24, 2.45) is 0 Å². The number of hydrogen-bond acceptors (Lipinski definition) is 4. The third kappa shape index (κ3) is 3.81. The SMILES string of the molecule is C=CCNS(=O)(=O)c1cccc(C(=O)N2CCCC2c2nc3ccccc3[nH]2)c1. The van der Waals surface area contributed by atoms with Gasteiger partial charge < -0.3 is 9.88 Å². The molecule has 1 unspecified atom stereocenters. The molecule has 4 rings (SSSR count). The molecule has 2 N–H and O–H groups in total. The van der Waals surface area contributed by atoms with Crippen LogP contribution in [0.1, 0.15) is 35.1 Å². The number of fused-ring (bicyclic) bond motifs is 1. The van der Waals surface area contributed by atoms with E-state index in [4.69, 9.17) is 0 Å². The maximum Gasteiger partial charge on any atom is 0.254 e. The van der Waals surface area contributed by atoms with Gasteiger partial charge in [-0.2, -0.15) is 0 Å². The molecular weight excluding hydrogens is 388 g/mol. The Kier molecular flexibility index (Phi) is 5.21. The Morgan fingerprint density at radius 2 is 2.10 bits per heavy atom. The number of para-hydroxylation sites is 2. The Labute approximate surface area is 169 Å². The number of amides is 1. The van der Waals surface area contributed by atoms with Gasteiger partial charge in [-0.15, -0.1) is 6.58 Å². The minimum absolute atomic E-state index is 0.0599. The van der Waals surface area contributed by atoms with E-state index in [0.29, 0.717) is 12.1 Å². The van der Waals surface area contributed by atoms with E-state index in [1.54, 1.807) is 17.0 Å². The molecular formula is C21H22N4O3S.